The van der Waals surface area contributed by atoms with Crippen LogP contribution < -0.4 is 0 Å². The number of ketones is 1. The van der Waals surface area contributed by atoms with Gasteiger partial charge in [-0.2, -0.15) is 0 Å². The molecule has 1 aromatic carbocycles. The Bertz CT molecular complexity index is 862. The molecule has 3 rings (SSSR count). The number of hydrogen-bond donors (Lipinski definition) is 1. The number of aromatic nitrogens is 3. The third-order valence-corrected chi connectivity index (χ3v) is 3.43. The Balaban J connectivity index is 2.08. The van der Waals surface area contributed by atoms with Gasteiger partial charge < -0.3 is 4.98 Å². The Morgan fingerprint density at radius 2 is 2.05 bits per heavy atom. The van der Waals surface area contributed by atoms with Gasteiger partial charge in [0.15, 0.2) is 11.4 Å². The summed E-state index contributed by atoms with van der Waals surface area (Å²) in [5.41, 5.74) is 2.31. The van der Waals surface area contributed by atoms with Crippen LogP contribution >= 0.6 is 0 Å². The van der Waals surface area contributed by atoms with E-state index in [0.29, 0.717) is 28.0 Å². The van der Waals surface area contributed by atoms with Crippen LogP contribution in [0.5, 0.6) is 0 Å². The Kier molecular flexibility index (Phi) is 3.28. The quantitative estimate of drug-likeness (QED) is 0.727. The highest BCUT2D eigenvalue weighted by atomic mass is 19.1. The third-order valence-electron chi connectivity index (χ3n) is 3.43. The van der Waals surface area contributed by atoms with Gasteiger partial charge in [0, 0.05) is 17.2 Å². The molecular formula is C17H16FN3O. The summed E-state index contributed by atoms with van der Waals surface area (Å²) in [5.74, 6) is -0.318. The predicted octanol–water partition coefficient (Wildman–Crippen LogP) is 3.99. The molecule has 2 heterocycles. The van der Waals surface area contributed by atoms with Crippen molar-refractivity contribution in [2.75, 3.05) is 0 Å². The third kappa shape index (κ3) is 2.50. The van der Waals surface area contributed by atoms with E-state index in [1.807, 2.05) is 20.8 Å². The van der Waals surface area contributed by atoms with Gasteiger partial charge >= 0.3 is 0 Å². The maximum Gasteiger partial charge on any atom is 0.171 e. The van der Waals surface area contributed by atoms with Crippen molar-refractivity contribution in [3.05, 3.63) is 48.0 Å². The number of Topliss-reactive ketones (excluding diaryl/α,β-unsaturated/α-hetero) is 1. The molecule has 0 saturated heterocycles. The maximum atomic E-state index is 13.3. The number of carbonyl (C=O) groups is 1. The lowest BCUT2D eigenvalue weighted by Crippen LogP contribution is -2.20. The summed E-state index contributed by atoms with van der Waals surface area (Å²) < 4.78 is 13.3. The van der Waals surface area contributed by atoms with Crippen molar-refractivity contribution in [3.8, 4) is 11.3 Å². The minimum Gasteiger partial charge on any atom is -0.344 e. The molecule has 0 atom stereocenters. The molecule has 0 aliphatic rings. The zero-order chi connectivity index (χ0) is 15.9. The summed E-state index contributed by atoms with van der Waals surface area (Å²) in [7, 11) is 0. The van der Waals surface area contributed by atoms with Crippen LogP contribution in [0.15, 0.2) is 36.7 Å². The fourth-order valence-corrected chi connectivity index (χ4v) is 2.26. The lowest BCUT2D eigenvalue weighted by atomic mass is 9.87. The highest BCUT2D eigenvalue weighted by molar-refractivity contribution is 6.08. The molecule has 0 unspecified atom stereocenters. The highest BCUT2D eigenvalue weighted by Gasteiger charge is 2.26. The Morgan fingerprint density at radius 3 is 2.73 bits per heavy atom. The number of benzene rings is 1. The molecule has 0 aliphatic carbocycles. The van der Waals surface area contributed by atoms with Gasteiger partial charge in [0.1, 0.15) is 11.3 Å². The minimum atomic E-state index is -0.488. The van der Waals surface area contributed by atoms with E-state index in [-0.39, 0.29) is 11.6 Å². The monoisotopic (exact) mass is 297 g/mol. The smallest absolute Gasteiger partial charge is 0.171 e. The number of carbonyl (C=O) groups excluding carboxylic acids is 1. The highest BCUT2D eigenvalue weighted by Crippen LogP contribution is 2.26. The summed E-state index contributed by atoms with van der Waals surface area (Å²) >= 11 is 0. The number of fused-ring (bicyclic) bond motifs is 1. The van der Waals surface area contributed by atoms with Crippen LogP contribution in [0.4, 0.5) is 4.39 Å². The molecule has 0 amide bonds. The first kappa shape index (κ1) is 14.4. The average Bonchev–Trinajstić information content (AvgIpc) is 2.88. The number of nitrogens with one attached hydrogen (secondary N) is 1. The maximum absolute atomic E-state index is 13.3. The molecule has 4 nitrogen and oxygen atoms in total. The molecule has 0 fully saturated rings. The van der Waals surface area contributed by atoms with Crippen LogP contribution in [0, 0.1) is 11.2 Å². The second-order valence-electron chi connectivity index (χ2n) is 6.24. The molecule has 0 radical (unpaired) electrons. The van der Waals surface area contributed by atoms with Crippen LogP contribution in [0.25, 0.3) is 22.4 Å². The van der Waals surface area contributed by atoms with Crippen LogP contribution in [0.3, 0.4) is 0 Å². The molecule has 3 aromatic rings. The second kappa shape index (κ2) is 5.02. The van der Waals surface area contributed by atoms with E-state index in [0.717, 1.165) is 0 Å². The molecular weight excluding hydrogens is 281 g/mol. The fraction of sp³-hybridized carbons (Fsp3) is 0.235. The number of aromatic amines is 1. The van der Waals surface area contributed by atoms with Crippen molar-refractivity contribution < 1.29 is 9.18 Å². The lowest BCUT2D eigenvalue weighted by molar-refractivity contribution is 0.0860. The molecule has 0 saturated carbocycles. The van der Waals surface area contributed by atoms with Crippen molar-refractivity contribution >= 4 is 16.9 Å². The summed E-state index contributed by atoms with van der Waals surface area (Å²) in [6.45, 7) is 5.59. The number of halogens is 1. The van der Waals surface area contributed by atoms with Crippen LogP contribution in [-0.4, -0.2) is 20.7 Å². The number of rotatable bonds is 2. The molecule has 22 heavy (non-hydrogen) atoms. The van der Waals surface area contributed by atoms with Gasteiger partial charge in [-0.25, -0.2) is 14.4 Å². The van der Waals surface area contributed by atoms with Crippen molar-refractivity contribution in [2.24, 2.45) is 5.41 Å². The predicted molar refractivity (Wildman–Crippen MR) is 83.1 cm³/mol. The summed E-state index contributed by atoms with van der Waals surface area (Å²) in [5, 5.41) is 0. The summed E-state index contributed by atoms with van der Waals surface area (Å²) in [6, 6.07) is 6.17. The molecule has 1 N–H and O–H groups in total. The van der Waals surface area contributed by atoms with E-state index < -0.39 is 5.41 Å². The van der Waals surface area contributed by atoms with Gasteiger partial charge in [-0.05, 0) is 12.1 Å². The van der Waals surface area contributed by atoms with Crippen LogP contribution in [0.1, 0.15) is 31.1 Å². The molecule has 0 spiro atoms. The van der Waals surface area contributed by atoms with Gasteiger partial charge in [-0.1, -0.05) is 32.9 Å². The molecule has 5 heteroatoms. The number of hydrogen-bond acceptors (Lipinski definition) is 3. The zero-order valence-electron chi connectivity index (χ0n) is 12.6. The van der Waals surface area contributed by atoms with Crippen molar-refractivity contribution in [3.63, 3.8) is 0 Å². The van der Waals surface area contributed by atoms with E-state index in [4.69, 9.17) is 0 Å². The Labute approximate surface area is 127 Å². The van der Waals surface area contributed by atoms with E-state index in [9.17, 15) is 9.18 Å². The number of nitrogens with zero attached hydrogens (tertiary/aromatic N) is 2. The van der Waals surface area contributed by atoms with Gasteiger partial charge in [0.2, 0.25) is 0 Å². The zero-order valence-corrected chi connectivity index (χ0v) is 12.6. The first-order valence-electron chi connectivity index (χ1n) is 7.01. The second-order valence-corrected chi connectivity index (χ2v) is 6.24. The standard InChI is InChI=1S/C17H16FN3O/c1-17(2,3)15(22)12-8-20-16-14(12)19-9-13(21-16)10-5-4-6-11(18)7-10/h4-9H,1-3H3,(H,20,21). The summed E-state index contributed by atoms with van der Waals surface area (Å²) in [6.07, 6.45) is 3.19. The largest absolute Gasteiger partial charge is 0.344 e. The van der Waals surface area contributed by atoms with Crippen molar-refractivity contribution in [2.45, 2.75) is 20.8 Å². The normalized spacial score (nSPS) is 11.8. The minimum absolute atomic E-state index is 0.00607. The van der Waals surface area contributed by atoms with Crippen molar-refractivity contribution in [1.29, 1.82) is 0 Å². The fourth-order valence-electron chi connectivity index (χ4n) is 2.26. The van der Waals surface area contributed by atoms with Crippen molar-refractivity contribution in [1.82, 2.24) is 15.0 Å². The topological polar surface area (TPSA) is 58.6 Å². The van der Waals surface area contributed by atoms with Gasteiger partial charge in [0.25, 0.3) is 0 Å². The van der Waals surface area contributed by atoms with Gasteiger partial charge in [-0.15, -0.1) is 0 Å². The number of H-pyrrole nitrogens is 1. The molecule has 2 aromatic heterocycles. The van der Waals surface area contributed by atoms with Crippen LogP contribution in [-0.2, 0) is 0 Å². The van der Waals surface area contributed by atoms with E-state index in [2.05, 4.69) is 15.0 Å². The van der Waals surface area contributed by atoms with Gasteiger partial charge in [-0.3, -0.25) is 4.79 Å². The van der Waals surface area contributed by atoms with Crippen LogP contribution in [0.2, 0.25) is 0 Å². The Morgan fingerprint density at radius 1 is 1.27 bits per heavy atom. The lowest BCUT2D eigenvalue weighted by Gasteiger charge is -2.15. The van der Waals surface area contributed by atoms with Gasteiger partial charge in [0.05, 0.1) is 17.5 Å². The molecule has 112 valence electrons. The first-order chi connectivity index (χ1) is 10.4. The SMILES string of the molecule is CC(C)(C)C(=O)c1c[nH]c2nc(-c3cccc(F)c3)cnc12. The molecule has 0 bridgehead atoms. The average molecular weight is 297 g/mol. The summed E-state index contributed by atoms with van der Waals surface area (Å²) in [4.78, 5) is 24.2. The molecule has 0 aliphatic heterocycles. The van der Waals surface area contributed by atoms with E-state index >= 15 is 0 Å². The van der Waals surface area contributed by atoms with E-state index in [1.165, 1.54) is 12.1 Å². The first-order valence-corrected chi connectivity index (χ1v) is 7.01. The van der Waals surface area contributed by atoms with E-state index in [1.54, 1.807) is 24.5 Å². The Hall–Kier alpha value is -2.56.